The molecule has 2 atom stereocenters. The Morgan fingerprint density at radius 2 is 2.09 bits per heavy atom. The first-order chi connectivity index (χ1) is 10.5. The molecule has 1 aromatic heterocycles. The van der Waals surface area contributed by atoms with Gasteiger partial charge in [0.15, 0.2) is 6.04 Å². The summed E-state index contributed by atoms with van der Waals surface area (Å²) < 4.78 is 5.02. The molecule has 1 aromatic rings. The van der Waals surface area contributed by atoms with Crippen molar-refractivity contribution in [3.63, 3.8) is 0 Å². The lowest BCUT2D eigenvalue weighted by atomic mass is 10.2. The van der Waals surface area contributed by atoms with E-state index in [0.717, 1.165) is 25.9 Å². The summed E-state index contributed by atoms with van der Waals surface area (Å²) in [4.78, 5) is 28.6. The molecule has 2 rings (SSSR count). The standard InChI is InChI=1S/C12H19N5O5/c1-7(18)9(10(19)20)15-12(21)13-6-8-14-11(16-22-8)17-4-2-3-5-17/h7,9,18H,2-6H2,1H3,(H,19,20)(H2,13,15,21). The first-order valence-corrected chi connectivity index (χ1v) is 7.00. The molecule has 0 radical (unpaired) electrons. The van der Waals surface area contributed by atoms with Crippen molar-refractivity contribution in [1.82, 2.24) is 20.8 Å². The van der Waals surface area contributed by atoms with Gasteiger partial charge in [-0.3, -0.25) is 0 Å². The van der Waals surface area contributed by atoms with Gasteiger partial charge in [0.25, 0.3) is 5.95 Å². The Kier molecular flexibility index (Phi) is 5.15. The fraction of sp³-hybridized carbons (Fsp3) is 0.667. The van der Waals surface area contributed by atoms with Crippen LogP contribution < -0.4 is 15.5 Å². The van der Waals surface area contributed by atoms with E-state index in [1.807, 2.05) is 4.90 Å². The lowest BCUT2D eigenvalue weighted by Gasteiger charge is -2.16. The molecule has 2 heterocycles. The lowest BCUT2D eigenvalue weighted by molar-refractivity contribution is -0.141. The Morgan fingerprint density at radius 1 is 1.41 bits per heavy atom. The minimum atomic E-state index is -1.39. The Morgan fingerprint density at radius 3 is 2.68 bits per heavy atom. The molecule has 0 saturated carbocycles. The molecule has 4 N–H and O–H groups in total. The van der Waals surface area contributed by atoms with Gasteiger partial charge in [0.05, 0.1) is 12.6 Å². The summed E-state index contributed by atoms with van der Waals surface area (Å²) in [6, 6.07) is -2.13. The highest BCUT2D eigenvalue weighted by Crippen LogP contribution is 2.15. The van der Waals surface area contributed by atoms with Crippen LogP contribution in [0.15, 0.2) is 4.52 Å². The summed E-state index contributed by atoms with van der Waals surface area (Å²) in [7, 11) is 0. The SMILES string of the molecule is CC(O)C(NC(=O)NCc1nc(N2CCCC2)no1)C(=O)O. The monoisotopic (exact) mass is 313 g/mol. The van der Waals surface area contributed by atoms with E-state index >= 15 is 0 Å². The quantitative estimate of drug-likeness (QED) is 0.540. The molecular weight excluding hydrogens is 294 g/mol. The Balaban J connectivity index is 1.82. The number of aromatic nitrogens is 2. The largest absolute Gasteiger partial charge is 0.480 e. The van der Waals surface area contributed by atoms with Gasteiger partial charge in [-0.05, 0) is 24.9 Å². The van der Waals surface area contributed by atoms with Crippen molar-refractivity contribution < 1.29 is 24.3 Å². The number of aliphatic carboxylic acids is 1. The highest BCUT2D eigenvalue weighted by molar-refractivity contribution is 5.82. The van der Waals surface area contributed by atoms with E-state index in [2.05, 4.69) is 20.8 Å². The van der Waals surface area contributed by atoms with E-state index in [-0.39, 0.29) is 12.4 Å². The number of carbonyl (C=O) groups is 2. The van der Waals surface area contributed by atoms with Crippen LogP contribution in [-0.4, -0.2) is 57.6 Å². The topological polar surface area (TPSA) is 141 Å². The number of amides is 2. The van der Waals surface area contributed by atoms with Crippen LogP contribution in [0.4, 0.5) is 10.7 Å². The minimum Gasteiger partial charge on any atom is -0.480 e. The first-order valence-electron chi connectivity index (χ1n) is 7.00. The smallest absolute Gasteiger partial charge is 0.328 e. The summed E-state index contributed by atoms with van der Waals surface area (Å²) in [6.45, 7) is 3.00. The molecule has 1 fully saturated rings. The maximum Gasteiger partial charge on any atom is 0.328 e. The van der Waals surface area contributed by atoms with Crippen molar-refractivity contribution in [2.75, 3.05) is 18.0 Å². The van der Waals surface area contributed by atoms with Gasteiger partial charge in [-0.1, -0.05) is 0 Å². The van der Waals surface area contributed by atoms with E-state index in [9.17, 15) is 14.7 Å². The molecule has 0 aromatic carbocycles. The predicted octanol–water partition coefficient (Wildman–Crippen LogP) is -0.697. The Hall–Kier alpha value is -2.36. The van der Waals surface area contributed by atoms with Crippen molar-refractivity contribution in [2.45, 2.75) is 38.5 Å². The molecular formula is C12H19N5O5. The van der Waals surface area contributed by atoms with Crippen molar-refractivity contribution in [2.24, 2.45) is 0 Å². The van der Waals surface area contributed by atoms with Gasteiger partial charge in [0, 0.05) is 13.1 Å². The molecule has 1 saturated heterocycles. The molecule has 22 heavy (non-hydrogen) atoms. The summed E-state index contributed by atoms with van der Waals surface area (Å²) in [6.07, 6.45) is 0.953. The predicted molar refractivity (Wildman–Crippen MR) is 74.2 cm³/mol. The number of nitrogens with one attached hydrogen (secondary N) is 2. The molecule has 2 amide bonds. The number of carbonyl (C=O) groups excluding carboxylic acids is 1. The maximum atomic E-state index is 11.6. The van der Waals surface area contributed by atoms with Crippen molar-refractivity contribution in [3.8, 4) is 0 Å². The summed E-state index contributed by atoms with van der Waals surface area (Å²) in [5, 5.41) is 26.5. The average molecular weight is 313 g/mol. The average Bonchev–Trinajstić information content (AvgIpc) is 3.12. The second kappa shape index (κ2) is 7.07. The van der Waals surface area contributed by atoms with Gasteiger partial charge in [-0.15, -0.1) is 0 Å². The normalized spacial score (nSPS) is 17.1. The van der Waals surface area contributed by atoms with E-state index in [1.165, 1.54) is 6.92 Å². The van der Waals surface area contributed by atoms with Gasteiger partial charge in [-0.25, -0.2) is 9.59 Å². The van der Waals surface area contributed by atoms with Crippen LogP contribution in [0.25, 0.3) is 0 Å². The molecule has 2 unspecified atom stereocenters. The zero-order chi connectivity index (χ0) is 16.1. The Bertz CT molecular complexity index is 526. The zero-order valence-electron chi connectivity index (χ0n) is 12.2. The van der Waals surface area contributed by atoms with E-state index in [1.54, 1.807) is 0 Å². The molecule has 0 aliphatic carbocycles. The fourth-order valence-electron chi connectivity index (χ4n) is 2.10. The number of hydrogen-bond donors (Lipinski definition) is 4. The van der Waals surface area contributed by atoms with Gasteiger partial charge in [-0.2, -0.15) is 4.98 Å². The molecule has 122 valence electrons. The third kappa shape index (κ3) is 4.07. The highest BCUT2D eigenvalue weighted by atomic mass is 16.5. The van der Waals surface area contributed by atoms with E-state index in [4.69, 9.17) is 9.63 Å². The number of nitrogens with zero attached hydrogens (tertiary/aromatic N) is 3. The molecule has 0 spiro atoms. The van der Waals surface area contributed by atoms with E-state index in [0.29, 0.717) is 5.95 Å². The van der Waals surface area contributed by atoms with Crippen LogP contribution in [0.1, 0.15) is 25.7 Å². The van der Waals surface area contributed by atoms with Crippen LogP contribution in [0.5, 0.6) is 0 Å². The van der Waals surface area contributed by atoms with Gasteiger partial charge in [0.1, 0.15) is 0 Å². The third-order valence-corrected chi connectivity index (χ3v) is 3.28. The second-order valence-electron chi connectivity index (χ2n) is 5.07. The number of urea groups is 1. The zero-order valence-corrected chi connectivity index (χ0v) is 12.2. The number of rotatable bonds is 6. The van der Waals surface area contributed by atoms with Gasteiger partial charge < -0.3 is 30.3 Å². The molecule has 10 nitrogen and oxygen atoms in total. The molecule has 1 aliphatic heterocycles. The Labute approximate surface area is 126 Å². The fourth-order valence-corrected chi connectivity index (χ4v) is 2.10. The van der Waals surface area contributed by atoms with Crippen LogP contribution in [-0.2, 0) is 11.3 Å². The number of aliphatic hydroxyl groups is 1. The molecule has 1 aliphatic rings. The van der Waals surface area contributed by atoms with Crippen molar-refractivity contribution >= 4 is 17.9 Å². The van der Waals surface area contributed by atoms with Crippen molar-refractivity contribution in [3.05, 3.63) is 5.89 Å². The summed E-state index contributed by atoms with van der Waals surface area (Å²) in [5.41, 5.74) is 0. The lowest BCUT2D eigenvalue weighted by Crippen LogP contribution is -2.51. The third-order valence-electron chi connectivity index (χ3n) is 3.28. The summed E-state index contributed by atoms with van der Waals surface area (Å²) in [5.74, 6) is -0.609. The summed E-state index contributed by atoms with van der Waals surface area (Å²) >= 11 is 0. The van der Waals surface area contributed by atoms with Crippen LogP contribution in [0, 0.1) is 0 Å². The number of carboxylic acid groups (broad SMARTS) is 1. The van der Waals surface area contributed by atoms with E-state index < -0.39 is 24.1 Å². The number of anilines is 1. The van der Waals surface area contributed by atoms with Crippen LogP contribution in [0.3, 0.4) is 0 Å². The van der Waals surface area contributed by atoms with Crippen molar-refractivity contribution in [1.29, 1.82) is 0 Å². The van der Waals surface area contributed by atoms with Gasteiger partial charge in [0.2, 0.25) is 5.89 Å². The second-order valence-corrected chi connectivity index (χ2v) is 5.07. The number of carboxylic acids is 1. The number of aliphatic hydroxyl groups excluding tert-OH is 1. The minimum absolute atomic E-state index is 0.0289. The number of hydrogen-bond acceptors (Lipinski definition) is 7. The maximum absolute atomic E-state index is 11.6. The first kappa shape index (κ1) is 16.0. The van der Waals surface area contributed by atoms with Crippen LogP contribution >= 0.6 is 0 Å². The highest BCUT2D eigenvalue weighted by Gasteiger charge is 2.25. The van der Waals surface area contributed by atoms with Crippen LogP contribution in [0.2, 0.25) is 0 Å². The molecule has 10 heteroatoms. The van der Waals surface area contributed by atoms with Gasteiger partial charge >= 0.3 is 12.0 Å². The molecule has 0 bridgehead atoms.